The molecule has 0 radical (unpaired) electrons. The zero-order valence-corrected chi connectivity index (χ0v) is 22.4. The summed E-state index contributed by atoms with van der Waals surface area (Å²) in [5.74, 6) is -0.296. The van der Waals surface area contributed by atoms with Crippen LogP contribution in [0, 0.1) is 5.92 Å². The Hall–Kier alpha value is -3.63. The maximum Gasteiger partial charge on any atom is 0.415 e. The fraction of sp³-hybridized carbons (Fsp3) is 0.483. The van der Waals surface area contributed by atoms with E-state index in [2.05, 4.69) is 5.32 Å². The van der Waals surface area contributed by atoms with Gasteiger partial charge in [-0.1, -0.05) is 62.4 Å². The van der Waals surface area contributed by atoms with Gasteiger partial charge in [0.05, 0.1) is 31.9 Å². The second kappa shape index (κ2) is 13.4. The van der Waals surface area contributed by atoms with Crippen molar-refractivity contribution in [3.05, 3.63) is 66.2 Å². The van der Waals surface area contributed by atoms with E-state index in [-0.39, 0.29) is 25.1 Å². The molecular weight excluding hydrogens is 502 g/mol. The lowest BCUT2D eigenvalue weighted by atomic mass is 10.0. The second-order valence-corrected chi connectivity index (χ2v) is 10.4. The van der Waals surface area contributed by atoms with Crippen LogP contribution in [0.25, 0.3) is 0 Å². The van der Waals surface area contributed by atoms with E-state index in [1.54, 1.807) is 12.1 Å². The van der Waals surface area contributed by atoms with Gasteiger partial charge < -0.3 is 29.5 Å². The summed E-state index contributed by atoms with van der Waals surface area (Å²) in [6.07, 6.45) is -2.72. The molecule has 2 heterocycles. The topological polar surface area (TPSA) is 118 Å². The first-order chi connectivity index (χ1) is 18.8. The smallest absolute Gasteiger partial charge is 0.415 e. The molecule has 2 saturated heterocycles. The minimum Gasteiger partial charge on any atom is -0.444 e. The Morgan fingerprint density at radius 3 is 2.44 bits per heavy atom. The Labute approximate surface area is 228 Å². The van der Waals surface area contributed by atoms with Crippen molar-refractivity contribution in [2.45, 2.75) is 51.0 Å². The van der Waals surface area contributed by atoms with E-state index in [0.717, 1.165) is 5.56 Å². The predicted molar refractivity (Wildman–Crippen MR) is 144 cm³/mol. The van der Waals surface area contributed by atoms with Gasteiger partial charge in [-0.25, -0.2) is 9.59 Å². The Morgan fingerprint density at radius 2 is 1.79 bits per heavy atom. The molecule has 2 aromatic rings. The molecule has 0 aromatic heterocycles. The molecule has 0 spiro atoms. The van der Waals surface area contributed by atoms with Crippen molar-refractivity contribution >= 4 is 23.8 Å². The maximum absolute atomic E-state index is 13.6. The molecule has 0 unspecified atom stereocenters. The first kappa shape index (κ1) is 28.4. The SMILES string of the molecule is CC(C)CN(C[C@@H](O)[C@H](Cc1ccccc1)NC(=O)O[C@H]1CCOC1)C(=O)[C@@H]1CN(c2ccccc2)C(=O)O1. The lowest BCUT2D eigenvalue weighted by Gasteiger charge is -2.32. The van der Waals surface area contributed by atoms with Gasteiger partial charge in [-0.15, -0.1) is 0 Å². The maximum atomic E-state index is 13.6. The molecule has 39 heavy (non-hydrogen) atoms. The van der Waals surface area contributed by atoms with E-state index in [0.29, 0.717) is 38.3 Å². The number of carbonyl (C=O) groups excluding carboxylic acids is 3. The van der Waals surface area contributed by atoms with Gasteiger partial charge in [0.1, 0.15) is 6.10 Å². The minimum absolute atomic E-state index is 0.0548. The number of hydrogen-bond donors (Lipinski definition) is 2. The molecule has 0 aliphatic carbocycles. The van der Waals surface area contributed by atoms with Crippen LogP contribution >= 0.6 is 0 Å². The summed E-state index contributed by atoms with van der Waals surface area (Å²) in [5.41, 5.74) is 1.56. The van der Waals surface area contributed by atoms with Crippen molar-refractivity contribution in [1.82, 2.24) is 10.2 Å². The van der Waals surface area contributed by atoms with Gasteiger partial charge in [0.2, 0.25) is 0 Å². The van der Waals surface area contributed by atoms with Crippen molar-refractivity contribution in [3.8, 4) is 0 Å². The predicted octanol–water partition coefficient (Wildman–Crippen LogP) is 2.98. The molecule has 2 N–H and O–H groups in total. The normalized spacial score (nSPS) is 20.4. The highest BCUT2D eigenvalue weighted by Gasteiger charge is 2.40. The van der Waals surface area contributed by atoms with E-state index < -0.39 is 36.3 Å². The molecule has 0 saturated carbocycles. The highest BCUT2D eigenvalue weighted by molar-refractivity contribution is 5.95. The quantitative estimate of drug-likeness (QED) is 0.451. The molecule has 4 rings (SSSR count). The van der Waals surface area contributed by atoms with E-state index in [4.69, 9.17) is 14.2 Å². The zero-order chi connectivity index (χ0) is 27.8. The van der Waals surface area contributed by atoms with E-state index >= 15 is 0 Å². The highest BCUT2D eigenvalue weighted by Crippen LogP contribution is 2.23. The summed E-state index contributed by atoms with van der Waals surface area (Å²) in [4.78, 5) is 41.7. The number of ether oxygens (including phenoxy) is 3. The third-order valence-corrected chi connectivity index (χ3v) is 6.69. The van der Waals surface area contributed by atoms with Crippen molar-refractivity contribution in [3.63, 3.8) is 0 Å². The molecule has 210 valence electrons. The third kappa shape index (κ3) is 7.93. The first-order valence-corrected chi connectivity index (χ1v) is 13.4. The fourth-order valence-electron chi connectivity index (χ4n) is 4.76. The van der Waals surface area contributed by atoms with Gasteiger partial charge >= 0.3 is 12.2 Å². The number of carbonyl (C=O) groups is 3. The summed E-state index contributed by atoms with van der Waals surface area (Å²) in [5, 5.41) is 14.1. The summed E-state index contributed by atoms with van der Waals surface area (Å²) < 4.78 is 16.2. The standard InChI is InChI=1S/C29H37N3O7/c1-20(2)16-31(27(34)26-18-32(29(36)39-26)22-11-7-4-8-12-22)17-25(33)24(15-21-9-5-3-6-10-21)30-28(35)38-23-13-14-37-19-23/h3-12,20,23-26,33H,13-19H2,1-2H3,(H,30,35)/t23-,24-,25+,26-/m0/s1. The average Bonchev–Trinajstić information content (AvgIpc) is 3.57. The van der Waals surface area contributed by atoms with Crippen molar-refractivity contribution in [1.29, 1.82) is 0 Å². The van der Waals surface area contributed by atoms with Gasteiger partial charge in [-0.05, 0) is 30.0 Å². The van der Waals surface area contributed by atoms with Crippen LogP contribution in [0.15, 0.2) is 60.7 Å². The summed E-state index contributed by atoms with van der Waals surface area (Å²) in [7, 11) is 0. The van der Waals surface area contributed by atoms with E-state index in [9.17, 15) is 19.5 Å². The number of para-hydroxylation sites is 1. The minimum atomic E-state index is -1.11. The number of alkyl carbamates (subject to hydrolysis) is 1. The van der Waals surface area contributed by atoms with Gasteiger partial charge in [-0.2, -0.15) is 0 Å². The fourth-order valence-corrected chi connectivity index (χ4v) is 4.76. The van der Waals surface area contributed by atoms with Crippen LogP contribution in [0.1, 0.15) is 25.8 Å². The number of amides is 3. The van der Waals surface area contributed by atoms with Crippen LogP contribution in [0.5, 0.6) is 0 Å². The van der Waals surface area contributed by atoms with Gasteiger partial charge in [0.25, 0.3) is 5.91 Å². The van der Waals surface area contributed by atoms with Crippen molar-refractivity contribution in [2.75, 3.05) is 37.7 Å². The van der Waals surface area contributed by atoms with Gasteiger partial charge in [0, 0.05) is 25.2 Å². The van der Waals surface area contributed by atoms with Crippen LogP contribution in [-0.2, 0) is 25.4 Å². The molecular formula is C29H37N3O7. The number of rotatable bonds is 11. The second-order valence-electron chi connectivity index (χ2n) is 10.4. The molecule has 2 aromatic carbocycles. The molecule has 3 amide bonds. The van der Waals surface area contributed by atoms with Crippen molar-refractivity contribution in [2.24, 2.45) is 5.92 Å². The number of aliphatic hydroxyl groups excluding tert-OH is 1. The molecule has 4 atom stereocenters. The summed E-state index contributed by atoms with van der Waals surface area (Å²) in [6, 6.07) is 17.8. The monoisotopic (exact) mass is 539 g/mol. The Balaban J connectivity index is 1.46. The van der Waals surface area contributed by atoms with Crippen LogP contribution in [0.2, 0.25) is 0 Å². The zero-order valence-electron chi connectivity index (χ0n) is 22.4. The number of cyclic esters (lactones) is 1. The van der Waals surface area contributed by atoms with E-state index in [1.165, 1.54) is 9.80 Å². The largest absolute Gasteiger partial charge is 0.444 e. The van der Waals surface area contributed by atoms with Crippen molar-refractivity contribution < 1.29 is 33.7 Å². The van der Waals surface area contributed by atoms with Gasteiger partial charge in [-0.3, -0.25) is 9.69 Å². The van der Waals surface area contributed by atoms with Crippen LogP contribution in [-0.4, -0.2) is 85.3 Å². The number of anilines is 1. The summed E-state index contributed by atoms with van der Waals surface area (Å²) in [6.45, 7) is 5.17. The lowest BCUT2D eigenvalue weighted by Crippen LogP contribution is -2.53. The molecule has 2 aliphatic rings. The molecule has 2 aliphatic heterocycles. The lowest BCUT2D eigenvalue weighted by molar-refractivity contribution is -0.140. The number of benzene rings is 2. The Bertz CT molecular complexity index is 1090. The third-order valence-electron chi connectivity index (χ3n) is 6.69. The number of nitrogens with zero attached hydrogens (tertiary/aromatic N) is 2. The van der Waals surface area contributed by atoms with Crippen LogP contribution in [0.4, 0.5) is 15.3 Å². The highest BCUT2D eigenvalue weighted by atomic mass is 16.6. The Morgan fingerprint density at radius 1 is 1.10 bits per heavy atom. The summed E-state index contributed by atoms with van der Waals surface area (Å²) >= 11 is 0. The first-order valence-electron chi connectivity index (χ1n) is 13.4. The Kier molecular flexibility index (Phi) is 9.78. The number of nitrogens with one attached hydrogen (secondary N) is 1. The van der Waals surface area contributed by atoms with Crippen LogP contribution < -0.4 is 10.2 Å². The van der Waals surface area contributed by atoms with Gasteiger partial charge in [0.15, 0.2) is 6.10 Å². The molecule has 0 bridgehead atoms. The van der Waals surface area contributed by atoms with E-state index in [1.807, 2.05) is 62.4 Å². The molecule has 10 nitrogen and oxygen atoms in total. The average molecular weight is 540 g/mol. The molecule has 2 fully saturated rings. The number of hydrogen-bond acceptors (Lipinski definition) is 7. The number of aliphatic hydroxyl groups is 1. The van der Waals surface area contributed by atoms with Crippen LogP contribution in [0.3, 0.4) is 0 Å². The molecule has 10 heteroatoms.